The van der Waals surface area contributed by atoms with E-state index in [1.165, 1.54) is 18.4 Å². The minimum absolute atomic E-state index is 0.112. The number of rotatable bonds is 7. The van der Waals surface area contributed by atoms with E-state index in [-0.39, 0.29) is 23.4 Å². The quantitative estimate of drug-likeness (QED) is 0.407. The van der Waals surface area contributed by atoms with Crippen molar-refractivity contribution in [3.8, 4) is 11.4 Å². The van der Waals surface area contributed by atoms with E-state index in [1.54, 1.807) is 25.6 Å². The van der Waals surface area contributed by atoms with Gasteiger partial charge in [0.05, 0.1) is 37.2 Å². The Hall–Kier alpha value is -3.70. The van der Waals surface area contributed by atoms with E-state index in [1.807, 2.05) is 35.9 Å². The molecule has 3 aromatic rings. The van der Waals surface area contributed by atoms with Crippen LogP contribution in [0.1, 0.15) is 36.1 Å². The summed E-state index contributed by atoms with van der Waals surface area (Å²) in [6, 6.07) is 12.0. The molecule has 1 aromatic heterocycles. The Balaban J connectivity index is 1.42. The zero-order chi connectivity index (χ0) is 28.8. The van der Waals surface area contributed by atoms with Crippen molar-refractivity contribution in [3.05, 3.63) is 83.2 Å². The summed E-state index contributed by atoms with van der Waals surface area (Å²) in [5.74, 6) is 0.850. The smallest absolute Gasteiger partial charge is 0.238 e. The first kappa shape index (κ1) is 27.5. The van der Waals surface area contributed by atoms with Gasteiger partial charge in [-0.25, -0.2) is 17.8 Å². The van der Waals surface area contributed by atoms with E-state index in [0.717, 1.165) is 35.4 Å². The Morgan fingerprint density at radius 3 is 2.66 bits per heavy atom. The standard InChI is InChI=1S/C30H33FN4O5S/c1-21-17-34(20-32-21)26-9-4-22(15-27(26)38-2)14-23-16-29(10-12-39-19-29)18-35-28(23)33-40-30(35,11-13-41(3,36)37)24-5-7-25(31)8-6-24/h4-9,14-15,17,20H,10-13,16,18-19H2,1-3H3. The van der Waals surface area contributed by atoms with Crippen molar-refractivity contribution < 1.29 is 27.1 Å². The van der Waals surface area contributed by atoms with Crippen molar-refractivity contribution in [2.75, 3.05) is 38.9 Å². The fraction of sp³-hybridized carbons (Fsp3) is 0.400. The van der Waals surface area contributed by atoms with Crippen LogP contribution in [0.2, 0.25) is 0 Å². The van der Waals surface area contributed by atoms with Crippen molar-refractivity contribution in [3.63, 3.8) is 0 Å². The molecule has 6 rings (SSSR count). The lowest BCUT2D eigenvalue weighted by molar-refractivity contribution is -0.119. The largest absolute Gasteiger partial charge is 0.495 e. The van der Waals surface area contributed by atoms with Crippen molar-refractivity contribution in [2.45, 2.75) is 31.9 Å². The van der Waals surface area contributed by atoms with Crippen molar-refractivity contribution in [1.29, 1.82) is 0 Å². The first-order chi connectivity index (χ1) is 19.6. The number of aromatic nitrogens is 2. The molecule has 216 valence electrons. The van der Waals surface area contributed by atoms with Gasteiger partial charge in [-0.2, -0.15) is 0 Å². The maximum absolute atomic E-state index is 13.9. The van der Waals surface area contributed by atoms with E-state index in [9.17, 15) is 12.8 Å². The average Bonchev–Trinajstić information content (AvgIpc) is 3.67. The minimum atomic E-state index is -3.32. The summed E-state index contributed by atoms with van der Waals surface area (Å²) in [6.07, 6.45) is 8.69. The minimum Gasteiger partial charge on any atom is -0.495 e. The molecular formula is C30H33FN4O5S. The van der Waals surface area contributed by atoms with Crippen molar-refractivity contribution >= 4 is 21.7 Å². The number of oxime groups is 1. The number of benzene rings is 2. The van der Waals surface area contributed by atoms with Gasteiger partial charge in [-0.3, -0.25) is 0 Å². The number of piperidine rings is 1. The molecule has 3 aliphatic rings. The Morgan fingerprint density at radius 1 is 1.20 bits per heavy atom. The van der Waals surface area contributed by atoms with Crippen LogP contribution in [0.3, 0.4) is 0 Å². The Bertz CT molecular complexity index is 1630. The summed E-state index contributed by atoms with van der Waals surface area (Å²) >= 11 is 0. The second kappa shape index (κ2) is 10.3. The maximum Gasteiger partial charge on any atom is 0.238 e. The van der Waals surface area contributed by atoms with Gasteiger partial charge in [-0.05, 0) is 61.2 Å². The SMILES string of the molecule is COc1cc(C=C2CC3(CCOC3)CN3C2=NOC3(CCS(C)(=O)=O)c2ccc(F)cc2)ccc1-n1cnc(C)c1. The molecule has 3 aliphatic heterocycles. The lowest BCUT2D eigenvalue weighted by atomic mass is 9.75. The number of sulfone groups is 1. The molecule has 0 aliphatic carbocycles. The monoisotopic (exact) mass is 580 g/mol. The van der Waals surface area contributed by atoms with Crippen LogP contribution in [-0.2, 0) is 25.1 Å². The molecule has 41 heavy (non-hydrogen) atoms. The number of ether oxygens (including phenoxy) is 2. The van der Waals surface area contributed by atoms with Crippen LogP contribution in [-0.4, -0.2) is 67.6 Å². The van der Waals surface area contributed by atoms with Gasteiger partial charge in [-0.15, -0.1) is 0 Å². The van der Waals surface area contributed by atoms with Gasteiger partial charge in [0.1, 0.15) is 21.4 Å². The Labute approximate surface area is 239 Å². The summed E-state index contributed by atoms with van der Waals surface area (Å²) < 4.78 is 52.1. The van der Waals surface area contributed by atoms with Crippen LogP contribution in [0.5, 0.6) is 5.75 Å². The second-order valence-electron chi connectivity index (χ2n) is 11.3. The van der Waals surface area contributed by atoms with Crippen LogP contribution in [0, 0.1) is 18.2 Å². The molecule has 0 bridgehead atoms. The maximum atomic E-state index is 13.9. The summed E-state index contributed by atoms with van der Waals surface area (Å²) in [5.41, 5.74) is 2.92. The highest BCUT2D eigenvalue weighted by molar-refractivity contribution is 7.90. The van der Waals surface area contributed by atoms with Crippen molar-refractivity contribution in [2.24, 2.45) is 10.6 Å². The lowest BCUT2D eigenvalue weighted by Crippen LogP contribution is -2.55. The topological polar surface area (TPSA) is 95.3 Å². The van der Waals surface area contributed by atoms with Crippen molar-refractivity contribution in [1.82, 2.24) is 14.5 Å². The van der Waals surface area contributed by atoms with E-state index >= 15 is 0 Å². The molecule has 2 atom stereocenters. The number of amidine groups is 1. The number of imidazole rings is 1. The van der Waals surface area contributed by atoms with Gasteiger partial charge in [0.25, 0.3) is 0 Å². The number of hydrogen-bond acceptors (Lipinski definition) is 8. The lowest BCUT2D eigenvalue weighted by Gasteiger charge is -2.46. The Morgan fingerprint density at radius 2 is 2.00 bits per heavy atom. The third-order valence-electron chi connectivity index (χ3n) is 8.15. The number of nitrogens with zero attached hydrogens (tertiary/aromatic N) is 4. The molecule has 0 amide bonds. The Kier molecular flexibility index (Phi) is 6.89. The third kappa shape index (κ3) is 5.24. The molecule has 2 fully saturated rings. The van der Waals surface area contributed by atoms with Gasteiger partial charge in [-0.1, -0.05) is 23.4 Å². The number of methoxy groups -OCH3 is 1. The van der Waals surface area contributed by atoms with Crippen LogP contribution >= 0.6 is 0 Å². The van der Waals surface area contributed by atoms with Gasteiger partial charge in [0, 0.05) is 43.0 Å². The van der Waals surface area contributed by atoms with Gasteiger partial charge in [0.2, 0.25) is 5.72 Å². The molecule has 2 unspecified atom stereocenters. The first-order valence-corrected chi connectivity index (χ1v) is 15.6. The second-order valence-corrected chi connectivity index (χ2v) is 13.5. The molecule has 0 N–H and O–H groups in total. The number of aryl methyl sites for hydroxylation is 1. The highest BCUT2D eigenvalue weighted by atomic mass is 32.2. The molecule has 4 heterocycles. The highest BCUT2D eigenvalue weighted by Gasteiger charge is 2.55. The number of hydrogen-bond donors (Lipinski definition) is 0. The molecule has 11 heteroatoms. The van der Waals surface area contributed by atoms with E-state index in [2.05, 4.69) is 21.1 Å². The van der Waals surface area contributed by atoms with Crippen LogP contribution in [0.15, 0.2) is 65.7 Å². The van der Waals surface area contributed by atoms with Gasteiger partial charge >= 0.3 is 0 Å². The predicted molar refractivity (Wildman–Crippen MR) is 153 cm³/mol. The fourth-order valence-electron chi connectivity index (χ4n) is 6.05. The summed E-state index contributed by atoms with van der Waals surface area (Å²) in [5, 5.41) is 4.55. The molecular weight excluding hydrogens is 547 g/mol. The normalized spacial score (nSPS) is 24.9. The summed E-state index contributed by atoms with van der Waals surface area (Å²) in [6.45, 7) is 3.73. The summed E-state index contributed by atoms with van der Waals surface area (Å²) in [4.78, 5) is 12.6. The van der Waals surface area contributed by atoms with Gasteiger partial charge < -0.3 is 23.8 Å². The van der Waals surface area contributed by atoms with Crippen LogP contribution in [0.4, 0.5) is 4.39 Å². The average molecular weight is 581 g/mol. The van der Waals surface area contributed by atoms with E-state index in [0.29, 0.717) is 36.9 Å². The highest BCUT2D eigenvalue weighted by Crippen LogP contribution is 2.50. The zero-order valence-electron chi connectivity index (χ0n) is 23.3. The summed E-state index contributed by atoms with van der Waals surface area (Å²) in [7, 11) is -1.68. The number of halogens is 1. The zero-order valence-corrected chi connectivity index (χ0v) is 24.2. The predicted octanol–water partition coefficient (Wildman–Crippen LogP) is 4.46. The van der Waals surface area contributed by atoms with E-state index in [4.69, 9.17) is 14.3 Å². The number of fused-ring (bicyclic) bond motifs is 1. The molecule has 9 nitrogen and oxygen atoms in total. The van der Waals surface area contributed by atoms with Crippen LogP contribution in [0.25, 0.3) is 11.8 Å². The van der Waals surface area contributed by atoms with Crippen LogP contribution < -0.4 is 4.74 Å². The van der Waals surface area contributed by atoms with E-state index < -0.39 is 15.6 Å². The van der Waals surface area contributed by atoms with Gasteiger partial charge in [0.15, 0.2) is 5.84 Å². The molecule has 1 spiro atoms. The third-order valence-corrected chi connectivity index (χ3v) is 9.09. The first-order valence-electron chi connectivity index (χ1n) is 13.6. The molecule has 0 saturated carbocycles. The molecule has 0 radical (unpaired) electrons. The fourth-order valence-corrected chi connectivity index (χ4v) is 6.69. The molecule has 2 saturated heterocycles. The molecule has 2 aromatic carbocycles.